The third-order valence-electron chi connectivity index (χ3n) is 4.72. The molecule has 2 rings (SSSR count). The summed E-state index contributed by atoms with van der Waals surface area (Å²) in [6.07, 6.45) is -5.46. The van der Waals surface area contributed by atoms with Crippen LogP contribution in [0.5, 0.6) is 0 Å². The molecule has 0 saturated carbocycles. The zero-order valence-corrected chi connectivity index (χ0v) is 18.5. The van der Waals surface area contributed by atoms with Crippen LogP contribution in [0.3, 0.4) is 0 Å². The molecule has 12 heteroatoms. The highest BCUT2D eigenvalue weighted by Gasteiger charge is 2.45. The average Bonchev–Trinajstić information content (AvgIpc) is 2.66. The van der Waals surface area contributed by atoms with E-state index in [1.807, 2.05) is 0 Å². The molecular formula is C20H30O12. The Bertz CT molecular complexity index is 679. The first-order valence-corrected chi connectivity index (χ1v) is 10.3. The Morgan fingerprint density at radius 3 is 2.00 bits per heavy atom. The van der Waals surface area contributed by atoms with Gasteiger partial charge in [0, 0.05) is 47.0 Å². The Kier molecular flexibility index (Phi) is 9.82. The Balaban J connectivity index is 2.09. The summed E-state index contributed by atoms with van der Waals surface area (Å²) in [6.45, 7) is 4.36. The normalized spacial score (nSPS) is 32.5. The van der Waals surface area contributed by atoms with Crippen molar-refractivity contribution in [3.05, 3.63) is 0 Å². The first-order valence-electron chi connectivity index (χ1n) is 10.3. The molecule has 2 unspecified atom stereocenters. The highest BCUT2D eigenvalue weighted by atomic mass is 16.8. The van der Waals surface area contributed by atoms with Crippen LogP contribution in [-0.2, 0) is 52.3 Å². The molecule has 2 heterocycles. The second-order valence-corrected chi connectivity index (χ2v) is 7.57. The summed E-state index contributed by atoms with van der Waals surface area (Å²) < 4.78 is 38.1. The number of hydrogen-bond donors (Lipinski definition) is 1. The molecule has 7 atom stereocenters. The molecule has 0 spiro atoms. The van der Waals surface area contributed by atoms with Crippen LogP contribution in [0.1, 0.15) is 47.0 Å². The third kappa shape index (κ3) is 8.34. The van der Waals surface area contributed by atoms with Crippen molar-refractivity contribution in [1.29, 1.82) is 0 Å². The van der Waals surface area contributed by atoms with Gasteiger partial charge in [-0.1, -0.05) is 0 Å². The standard InChI is InChI=1S/C20H30O12/c1-10(22)26-9-15-5-14(27-11(2)23)6-18(30-15)32-19-7-16(28-12(3)24)20(29-13(4)25)17(8-21)31-19/h14-21H,5-9H2,1-4H3/t14-,15-,16?,17+,18?,19+,20-/m0/s1. The van der Waals surface area contributed by atoms with E-state index in [4.69, 9.17) is 33.2 Å². The lowest BCUT2D eigenvalue weighted by atomic mass is 10.0. The summed E-state index contributed by atoms with van der Waals surface area (Å²) in [4.78, 5) is 45.5. The van der Waals surface area contributed by atoms with E-state index in [9.17, 15) is 24.3 Å². The van der Waals surface area contributed by atoms with Crippen LogP contribution < -0.4 is 0 Å². The van der Waals surface area contributed by atoms with Gasteiger partial charge in [-0.2, -0.15) is 0 Å². The van der Waals surface area contributed by atoms with Gasteiger partial charge in [0.25, 0.3) is 0 Å². The van der Waals surface area contributed by atoms with Crippen molar-refractivity contribution < 1.29 is 57.4 Å². The van der Waals surface area contributed by atoms with Gasteiger partial charge in [-0.15, -0.1) is 0 Å². The molecule has 2 saturated heterocycles. The Labute approximate surface area is 185 Å². The number of esters is 4. The number of aliphatic hydroxyl groups is 1. The quantitative estimate of drug-likeness (QED) is 0.381. The fourth-order valence-electron chi connectivity index (χ4n) is 3.63. The van der Waals surface area contributed by atoms with Crippen molar-refractivity contribution in [2.75, 3.05) is 13.2 Å². The third-order valence-corrected chi connectivity index (χ3v) is 4.72. The van der Waals surface area contributed by atoms with E-state index in [0.717, 1.165) is 0 Å². The van der Waals surface area contributed by atoms with Gasteiger partial charge in [-0.25, -0.2) is 0 Å². The van der Waals surface area contributed by atoms with E-state index in [-0.39, 0.29) is 19.4 Å². The van der Waals surface area contributed by atoms with Gasteiger partial charge in [-0.05, 0) is 0 Å². The summed E-state index contributed by atoms with van der Waals surface area (Å²) in [5, 5.41) is 9.71. The maximum Gasteiger partial charge on any atom is 0.303 e. The highest BCUT2D eigenvalue weighted by molar-refractivity contribution is 5.67. The first-order chi connectivity index (χ1) is 15.1. The Hall–Kier alpha value is -2.28. The van der Waals surface area contributed by atoms with Crippen LogP contribution in [0, 0.1) is 0 Å². The van der Waals surface area contributed by atoms with Gasteiger partial charge in [0.2, 0.25) is 0 Å². The molecule has 2 aliphatic rings. The second kappa shape index (κ2) is 12.1. The number of carbonyl (C=O) groups is 4. The number of rotatable bonds is 8. The zero-order chi connectivity index (χ0) is 23.8. The predicted octanol–water partition coefficient (Wildman–Crippen LogP) is -0.0264. The summed E-state index contributed by atoms with van der Waals surface area (Å²) in [6, 6.07) is 0. The van der Waals surface area contributed by atoms with Gasteiger partial charge in [0.15, 0.2) is 18.7 Å². The Morgan fingerprint density at radius 2 is 1.44 bits per heavy atom. The van der Waals surface area contributed by atoms with E-state index in [2.05, 4.69) is 0 Å². The van der Waals surface area contributed by atoms with Crippen LogP contribution in [0.15, 0.2) is 0 Å². The van der Waals surface area contributed by atoms with Crippen molar-refractivity contribution in [2.45, 2.75) is 90.1 Å². The molecule has 1 N–H and O–H groups in total. The Morgan fingerprint density at radius 1 is 0.812 bits per heavy atom. The van der Waals surface area contributed by atoms with E-state index in [1.165, 1.54) is 27.7 Å². The zero-order valence-electron chi connectivity index (χ0n) is 18.5. The lowest BCUT2D eigenvalue weighted by Crippen LogP contribution is -2.55. The van der Waals surface area contributed by atoms with Crippen molar-refractivity contribution in [1.82, 2.24) is 0 Å². The van der Waals surface area contributed by atoms with Crippen LogP contribution in [0.4, 0.5) is 0 Å². The summed E-state index contributed by atoms with van der Waals surface area (Å²) in [5.74, 6) is -2.19. The fraction of sp³-hybridized carbons (Fsp3) is 0.800. The van der Waals surface area contributed by atoms with E-state index in [0.29, 0.717) is 6.42 Å². The van der Waals surface area contributed by atoms with Crippen molar-refractivity contribution in [2.24, 2.45) is 0 Å². The SMILES string of the molecule is CC(=O)OC[C@@H]1C[C@H](OC(C)=O)CC(O[C@@H]2CC(OC(C)=O)[C@H](OC(C)=O)[C@@H](CO)O2)O1. The first kappa shape index (κ1) is 26.0. The molecule has 0 amide bonds. The number of carbonyl (C=O) groups excluding carboxylic acids is 4. The molecule has 0 aromatic rings. The molecule has 0 aromatic carbocycles. The maximum absolute atomic E-state index is 11.5. The molecular weight excluding hydrogens is 432 g/mol. The summed E-state index contributed by atoms with van der Waals surface area (Å²) in [7, 11) is 0. The molecule has 0 bridgehead atoms. The second-order valence-electron chi connectivity index (χ2n) is 7.57. The minimum Gasteiger partial charge on any atom is -0.463 e. The summed E-state index contributed by atoms with van der Waals surface area (Å²) >= 11 is 0. The van der Waals surface area contributed by atoms with Gasteiger partial charge in [0.1, 0.15) is 24.9 Å². The summed E-state index contributed by atoms with van der Waals surface area (Å²) in [5.41, 5.74) is 0. The van der Waals surface area contributed by atoms with Gasteiger partial charge in [-0.3, -0.25) is 19.2 Å². The number of hydrogen-bond acceptors (Lipinski definition) is 12. The number of aliphatic hydroxyl groups excluding tert-OH is 1. The lowest BCUT2D eigenvalue weighted by Gasteiger charge is -2.42. The van der Waals surface area contributed by atoms with Crippen molar-refractivity contribution in [3.63, 3.8) is 0 Å². The van der Waals surface area contributed by atoms with Gasteiger partial charge in [0.05, 0.1) is 12.7 Å². The molecule has 2 aliphatic heterocycles. The molecule has 182 valence electrons. The van der Waals surface area contributed by atoms with Crippen LogP contribution in [-0.4, -0.2) is 85.3 Å². The van der Waals surface area contributed by atoms with Crippen LogP contribution >= 0.6 is 0 Å². The molecule has 0 radical (unpaired) electrons. The van der Waals surface area contributed by atoms with Gasteiger partial charge >= 0.3 is 23.9 Å². The van der Waals surface area contributed by atoms with Crippen molar-refractivity contribution >= 4 is 23.9 Å². The molecule has 32 heavy (non-hydrogen) atoms. The van der Waals surface area contributed by atoms with Crippen LogP contribution in [0.2, 0.25) is 0 Å². The van der Waals surface area contributed by atoms with E-state index >= 15 is 0 Å². The number of ether oxygens (including phenoxy) is 7. The predicted molar refractivity (Wildman–Crippen MR) is 103 cm³/mol. The van der Waals surface area contributed by atoms with E-state index in [1.54, 1.807) is 0 Å². The molecule has 0 aliphatic carbocycles. The monoisotopic (exact) mass is 462 g/mol. The smallest absolute Gasteiger partial charge is 0.303 e. The van der Waals surface area contributed by atoms with Crippen LogP contribution in [0.25, 0.3) is 0 Å². The van der Waals surface area contributed by atoms with Gasteiger partial charge < -0.3 is 38.3 Å². The lowest BCUT2D eigenvalue weighted by molar-refractivity contribution is -0.325. The van der Waals surface area contributed by atoms with Crippen molar-refractivity contribution in [3.8, 4) is 0 Å². The highest BCUT2D eigenvalue weighted by Crippen LogP contribution is 2.30. The minimum atomic E-state index is -1.01. The molecule has 0 aromatic heterocycles. The molecule has 2 fully saturated rings. The topological polar surface area (TPSA) is 153 Å². The molecule has 12 nitrogen and oxygen atoms in total. The average molecular weight is 462 g/mol. The maximum atomic E-state index is 11.5. The fourth-order valence-corrected chi connectivity index (χ4v) is 3.63. The minimum absolute atomic E-state index is 0.000726. The largest absolute Gasteiger partial charge is 0.463 e. The van der Waals surface area contributed by atoms with E-state index < -0.39 is 73.6 Å².